The third-order valence-corrected chi connectivity index (χ3v) is 4.56. The van der Waals surface area contributed by atoms with Gasteiger partial charge in [0.15, 0.2) is 0 Å². The summed E-state index contributed by atoms with van der Waals surface area (Å²) in [5.41, 5.74) is -0.598. The van der Waals surface area contributed by atoms with Gasteiger partial charge < -0.3 is 19.7 Å². The number of rotatable bonds is 5. The molecule has 0 radical (unpaired) electrons. The molecule has 2 aliphatic heterocycles. The fourth-order valence-corrected chi connectivity index (χ4v) is 3.29. The lowest BCUT2D eigenvalue weighted by Gasteiger charge is -2.41. The second-order valence-corrected chi connectivity index (χ2v) is 5.87. The average Bonchev–Trinajstić information content (AvgIpc) is 2.53. The largest absolute Gasteiger partial charge is 0.381 e. The third kappa shape index (κ3) is 3.51. The summed E-state index contributed by atoms with van der Waals surface area (Å²) in [4.78, 5) is 14.9. The van der Waals surface area contributed by atoms with Crippen LogP contribution < -0.4 is 5.32 Å². The second-order valence-electron chi connectivity index (χ2n) is 5.87. The average molecular weight is 284 g/mol. The predicted octanol–water partition coefficient (Wildman–Crippen LogP) is 1.03. The lowest BCUT2D eigenvalue weighted by atomic mass is 9.88. The Hall–Kier alpha value is -0.650. The van der Waals surface area contributed by atoms with Gasteiger partial charge in [-0.2, -0.15) is 0 Å². The molecule has 5 nitrogen and oxygen atoms in total. The second kappa shape index (κ2) is 7.38. The summed E-state index contributed by atoms with van der Waals surface area (Å²) >= 11 is 0. The van der Waals surface area contributed by atoms with E-state index in [0.717, 1.165) is 65.1 Å². The first kappa shape index (κ1) is 15.7. The Labute approximate surface area is 122 Å². The van der Waals surface area contributed by atoms with Gasteiger partial charge in [0.1, 0.15) is 5.60 Å². The number of carbonyl (C=O) groups excluding carboxylic acids is 1. The van der Waals surface area contributed by atoms with Crippen molar-refractivity contribution in [3.05, 3.63) is 0 Å². The Morgan fingerprint density at radius 1 is 1.40 bits per heavy atom. The molecule has 0 spiro atoms. The molecule has 1 amide bonds. The molecule has 0 bridgehead atoms. The van der Waals surface area contributed by atoms with E-state index >= 15 is 0 Å². The standard InChI is InChI=1S/C15H28N2O3/c1-3-20-12-13-5-4-10-17(11-13)14(18)15(19-2)6-8-16-9-7-15/h13,16H,3-12H2,1-2H3. The molecule has 2 aliphatic rings. The molecule has 5 heteroatoms. The molecule has 2 heterocycles. The molecule has 1 N–H and O–H groups in total. The van der Waals surface area contributed by atoms with E-state index < -0.39 is 5.60 Å². The van der Waals surface area contributed by atoms with E-state index in [0.29, 0.717) is 5.92 Å². The first-order chi connectivity index (χ1) is 9.72. The van der Waals surface area contributed by atoms with E-state index in [2.05, 4.69) is 5.32 Å². The number of amides is 1. The highest BCUT2D eigenvalue weighted by Gasteiger charge is 2.43. The van der Waals surface area contributed by atoms with Crippen molar-refractivity contribution in [3.63, 3.8) is 0 Å². The lowest BCUT2D eigenvalue weighted by Crippen LogP contribution is -2.57. The zero-order valence-electron chi connectivity index (χ0n) is 12.8. The van der Waals surface area contributed by atoms with Crippen molar-refractivity contribution in [2.45, 2.75) is 38.2 Å². The Balaban J connectivity index is 1.96. The highest BCUT2D eigenvalue weighted by Crippen LogP contribution is 2.28. The predicted molar refractivity (Wildman–Crippen MR) is 77.6 cm³/mol. The number of methoxy groups -OCH3 is 1. The first-order valence-electron chi connectivity index (χ1n) is 7.85. The molecule has 2 fully saturated rings. The minimum Gasteiger partial charge on any atom is -0.381 e. The maximum atomic E-state index is 12.9. The molecule has 2 rings (SSSR count). The molecule has 0 saturated carbocycles. The Morgan fingerprint density at radius 3 is 2.80 bits per heavy atom. The van der Waals surface area contributed by atoms with E-state index in [1.54, 1.807) is 7.11 Å². The van der Waals surface area contributed by atoms with Gasteiger partial charge in [-0.1, -0.05) is 0 Å². The number of nitrogens with one attached hydrogen (secondary N) is 1. The van der Waals surface area contributed by atoms with Gasteiger partial charge in [0.25, 0.3) is 5.91 Å². The smallest absolute Gasteiger partial charge is 0.254 e. The van der Waals surface area contributed by atoms with E-state index in [-0.39, 0.29) is 5.91 Å². The SMILES string of the molecule is CCOCC1CCCN(C(=O)C2(OC)CCNCC2)C1. The maximum Gasteiger partial charge on any atom is 0.254 e. The Bertz CT molecular complexity index is 316. The van der Waals surface area contributed by atoms with Gasteiger partial charge in [-0.05, 0) is 51.6 Å². The van der Waals surface area contributed by atoms with Gasteiger partial charge in [0, 0.05) is 26.8 Å². The zero-order chi connectivity index (χ0) is 14.4. The molecule has 20 heavy (non-hydrogen) atoms. The summed E-state index contributed by atoms with van der Waals surface area (Å²) in [6.45, 7) is 6.92. The minimum absolute atomic E-state index is 0.183. The van der Waals surface area contributed by atoms with Crippen LogP contribution in [0.3, 0.4) is 0 Å². The van der Waals surface area contributed by atoms with Crippen molar-refractivity contribution in [2.75, 3.05) is 46.5 Å². The number of likely N-dealkylation sites (tertiary alicyclic amines) is 1. The van der Waals surface area contributed by atoms with Gasteiger partial charge in [-0.25, -0.2) is 0 Å². The summed E-state index contributed by atoms with van der Waals surface area (Å²) in [5.74, 6) is 0.658. The van der Waals surface area contributed by atoms with Crippen LogP contribution >= 0.6 is 0 Å². The van der Waals surface area contributed by atoms with Gasteiger partial charge >= 0.3 is 0 Å². The highest BCUT2D eigenvalue weighted by atomic mass is 16.5. The van der Waals surface area contributed by atoms with E-state index in [9.17, 15) is 4.79 Å². The molecule has 116 valence electrons. The minimum atomic E-state index is -0.598. The fraction of sp³-hybridized carbons (Fsp3) is 0.933. The van der Waals surface area contributed by atoms with Crippen molar-refractivity contribution >= 4 is 5.91 Å². The van der Waals surface area contributed by atoms with Crippen molar-refractivity contribution in [3.8, 4) is 0 Å². The van der Waals surface area contributed by atoms with Crippen molar-refractivity contribution in [1.82, 2.24) is 10.2 Å². The number of hydrogen-bond donors (Lipinski definition) is 1. The van der Waals surface area contributed by atoms with Gasteiger partial charge in [0.2, 0.25) is 0 Å². The molecule has 1 atom stereocenters. The topological polar surface area (TPSA) is 50.8 Å². The maximum absolute atomic E-state index is 12.9. The Kier molecular flexibility index (Phi) is 5.81. The molecule has 0 aliphatic carbocycles. The molecule has 1 unspecified atom stereocenters. The van der Waals surface area contributed by atoms with Gasteiger partial charge in [0.05, 0.1) is 6.61 Å². The summed E-state index contributed by atoms with van der Waals surface area (Å²) in [5, 5.41) is 3.30. The van der Waals surface area contributed by atoms with Crippen LogP contribution in [0.25, 0.3) is 0 Å². The first-order valence-corrected chi connectivity index (χ1v) is 7.85. The number of ether oxygens (including phenoxy) is 2. The van der Waals surface area contributed by atoms with Crippen LogP contribution in [0.15, 0.2) is 0 Å². The van der Waals surface area contributed by atoms with Gasteiger partial charge in [-0.15, -0.1) is 0 Å². The third-order valence-electron chi connectivity index (χ3n) is 4.56. The normalized spacial score (nSPS) is 26.5. The van der Waals surface area contributed by atoms with Crippen LogP contribution in [0.2, 0.25) is 0 Å². The van der Waals surface area contributed by atoms with Crippen LogP contribution in [0, 0.1) is 5.92 Å². The summed E-state index contributed by atoms with van der Waals surface area (Å²) in [6.07, 6.45) is 3.77. The number of hydrogen-bond acceptors (Lipinski definition) is 4. The summed E-state index contributed by atoms with van der Waals surface area (Å²) < 4.78 is 11.2. The highest BCUT2D eigenvalue weighted by molar-refractivity contribution is 5.85. The molecular weight excluding hydrogens is 256 g/mol. The quantitative estimate of drug-likeness (QED) is 0.819. The molecule has 0 aromatic carbocycles. The number of carbonyl (C=O) groups is 1. The zero-order valence-corrected chi connectivity index (χ0v) is 12.8. The number of piperidine rings is 2. The van der Waals surface area contributed by atoms with Crippen molar-refractivity contribution in [1.29, 1.82) is 0 Å². The molecular formula is C15H28N2O3. The van der Waals surface area contributed by atoms with Crippen LogP contribution in [-0.2, 0) is 14.3 Å². The van der Waals surface area contributed by atoms with Gasteiger partial charge in [-0.3, -0.25) is 4.79 Å². The summed E-state index contributed by atoms with van der Waals surface area (Å²) in [6, 6.07) is 0. The summed E-state index contributed by atoms with van der Waals surface area (Å²) in [7, 11) is 1.67. The number of nitrogens with zero attached hydrogens (tertiary/aromatic N) is 1. The van der Waals surface area contributed by atoms with E-state index in [1.165, 1.54) is 0 Å². The monoisotopic (exact) mass is 284 g/mol. The van der Waals surface area contributed by atoms with E-state index in [1.807, 2.05) is 11.8 Å². The molecule has 2 saturated heterocycles. The van der Waals surface area contributed by atoms with Crippen LogP contribution in [0.5, 0.6) is 0 Å². The van der Waals surface area contributed by atoms with Crippen molar-refractivity contribution in [2.24, 2.45) is 5.92 Å². The van der Waals surface area contributed by atoms with Crippen LogP contribution in [0.1, 0.15) is 32.6 Å². The van der Waals surface area contributed by atoms with Crippen LogP contribution in [0.4, 0.5) is 0 Å². The Morgan fingerprint density at radius 2 is 2.15 bits per heavy atom. The molecule has 0 aromatic rings. The lowest BCUT2D eigenvalue weighted by molar-refractivity contribution is -0.160. The van der Waals surface area contributed by atoms with E-state index in [4.69, 9.17) is 9.47 Å². The fourth-order valence-electron chi connectivity index (χ4n) is 3.29. The molecule has 0 aromatic heterocycles. The van der Waals surface area contributed by atoms with Crippen LogP contribution in [-0.4, -0.2) is 62.9 Å². The van der Waals surface area contributed by atoms with Crippen molar-refractivity contribution < 1.29 is 14.3 Å².